The molecular weight excluding hydrogens is 264 g/mol. The monoisotopic (exact) mass is 290 g/mol. The van der Waals surface area contributed by atoms with Crippen molar-refractivity contribution in [2.45, 2.75) is 38.7 Å². The first kappa shape index (κ1) is 15.8. The highest BCUT2D eigenvalue weighted by Crippen LogP contribution is 2.20. The number of hydrogen-bond acceptors (Lipinski definition) is 3. The Balaban J connectivity index is 2.02. The number of nitrogens with zero attached hydrogens (tertiary/aromatic N) is 2. The molecule has 21 heavy (non-hydrogen) atoms. The molecule has 1 aliphatic rings. The molecule has 0 saturated carbocycles. The molecular formula is C17H26N2O2. The van der Waals surface area contributed by atoms with Gasteiger partial charge in [-0.15, -0.1) is 0 Å². The molecule has 1 N–H and O–H groups in total. The van der Waals surface area contributed by atoms with Crippen LogP contribution in [0.1, 0.15) is 43.5 Å². The Kier molecular flexibility index (Phi) is 4.88. The number of anilines is 1. The smallest absolute Gasteiger partial charge is 0.253 e. The molecule has 1 aromatic rings. The average molecular weight is 290 g/mol. The number of likely N-dealkylation sites (N-methyl/N-ethyl adjacent to an activating group) is 1. The average Bonchev–Trinajstić information content (AvgIpc) is 2.46. The Hall–Kier alpha value is -1.55. The van der Waals surface area contributed by atoms with E-state index in [1.165, 1.54) is 24.9 Å². The van der Waals surface area contributed by atoms with Gasteiger partial charge in [-0.25, -0.2) is 0 Å². The van der Waals surface area contributed by atoms with Crippen LogP contribution in [-0.4, -0.2) is 48.2 Å². The maximum atomic E-state index is 12.3. The van der Waals surface area contributed by atoms with Gasteiger partial charge in [0.25, 0.3) is 5.91 Å². The van der Waals surface area contributed by atoms with Crippen LogP contribution in [0.15, 0.2) is 24.3 Å². The number of carbonyl (C=O) groups is 1. The lowest BCUT2D eigenvalue weighted by atomic mass is 10.1. The summed E-state index contributed by atoms with van der Waals surface area (Å²) in [5, 5.41) is 9.80. The van der Waals surface area contributed by atoms with Crippen molar-refractivity contribution in [1.82, 2.24) is 4.90 Å². The Morgan fingerprint density at radius 1 is 1.19 bits per heavy atom. The van der Waals surface area contributed by atoms with Gasteiger partial charge in [-0.2, -0.15) is 0 Å². The summed E-state index contributed by atoms with van der Waals surface area (Å²) < 4.78 is 0. The van der Waals surface area contributed by atoms with E-state index >= 15 is 0 Å². The molecule has 1 aromatic carbocycles. The standard InChI is InChI=1S/C17H26N2O2/c1-17(2,21)13-18(3)16(20)14-7-9-15(10-8-14)19-11-5-4-6-12-19/h7-10,21H,4-6,11-13H2,1-3H3. The second kappa shape index (κ2) is 6.48. The van der Waals surface area contributed by atoms with Gasteiger partial charge in [0.05, 0.1) is 5.60 Å². The summed E-state index contributed by atoms with van der Waals surface area (Å²) in [6, 6.07) is 7.81. The summed E-state index contributed by atoms with van der Waals surface area (Å²) in [6.45, 7) is 5.93. The van der Waals surface area contributed by atoms with Crippen molar-refractivity contribution in [2.24, 2.45) is 0 Å². The molecule has 1 aliphatic heterocycles. The number of amides is 1. The van der Waals surface area contributed by atoms with E-state index in [0.29, 0.717) is 12.1 Å². The zero-order chi connectivity index (χ0) is 15.5. The summed E-state index contributed by atoms with van der Waals surface area (Å²) in [6.07, 6.45) is 3.80. The molecule has 1 heterocycles. The van der Waals surface area contributed by atoms with Crippen molar-refractivity contribution in [1.29, 1.82) is 0 Å². The zero-order valence-corrected chi connectivity index (χ0v) is 13.3. The molecule has 0 radical (unpaired) electrons. The van der Waals surface area contributed by atoms with Crippen molar-refractivity contribution in [3.8, 4) is 0 Å². The van der Waals surface area contributed by atoms with Crippen molar-refractivity contribution < 1.29 is 9.90 Å². The van der Waals surface area contributed by atoms with E-state index in [1.54, 1.807) is 25.8 Å². The lowest BCUT2D eigenvalue weighted by molar-refractivity contribution is 0.0368. The molecule has 0 spiro atoms. The number of piperidine rings is 1. The van der Waals surface area contributed by atoms with Crippen LogP contribution in [-0.2, 0) is 0 Å². The minimum Gasteiger partial charge on any atom is -0.389 e. The molecule has 0 aromatic heterocycles. The van der Waals surface area contributed by atoms with Crippen LogP contribution in [0.3, 0.4) is 0 Å². The molecule has 4 heteroatoms. The maximum Gasteiger partial charge on any atom is 0.253 e. The molecule has 4 nitrogen and oxygen atoms in total. The topological polar surface area (TPSA) is 43.8 Å². The third-order valence-corrected chi connectivity index (χ3v) is 3.81. The lowest BCUT2D eigenvalue weighted by Crippen LogP contribution is -2.39. The number of benzene rings is 1. The summed E-state index contributed by atoms with van der Waals surface area (Å²) in [4.78, 5) is 16.2. The molecule has 2 rings (SSSR count). The van der Waals surface area contributed by atoms with Crippen LogP contribution >= 0.6 is 0 Å². The van der Waals surface area contributed by atoms with Crippen LogP contribution in [0.2, 0.25) is 0 Å². The Morgan fingerprint density at radius 3 is 2.29 bits per heavy atom. The summed E-state index contributed by atoms with van der Waals surface area (Å²) in [5.41, 5.74) is 0.983. The van der Waals surface area contributed by atoms with Crippen molar-refractivity contribution in [3.63, 3.8) is 0 Å². The third-order valence-electron chi connectivity index (χ3n) is 3.81. The van der Waals surface area contributed by atoms with Crippen LogP contribution < -0.4 is 4.90 Å². The second-order valence-electron chi connectivity index (χ2n) is 6.57. The third kappa shape index (κ3) is 4.46. The number of hydrogen-bond donors (Lipinski definition) is 1. The van der Waals surface area contributed by atoms with Gasteiger partial charge in [-0.3, -0.25) is 4.79 Å². The normalized spacial score (nSPS) is 15.9. The zero-order valence-electron chi connectivity index (χ0n) is 13.3. The van der Waals surface area contributed by atoms with Gasteiger partial charge in [-0.05, 0) is 57.4 Å². The fourth-order valence-electron chi connectivity index (χ4n) is 2.84. The molecule has 0 unspecified atom stereocenters. The van der Waals surface area contributed by atoms with Gasteiger partial charge < -0.3 is 14.9 Å². The fourth-order valence-corrected chi connectivity index (χ4v) is 2.84. The minimum atomic E-state index is -0.877. The summed E-state index contributed by atoms with van der Waals surface area (Å²) in [5.74, 6) is -0.0534. The van der Waals surface area contributed by atoms with Crippen molar-refractivity contribution >= 4 is 11.6 Å². The molecule has 116 valence electrons. The molecule has 1 fully saturated rings. The molecule has 0 aliphatic carbocycles. The van der Waals surface area contributed by atoms with Gasteiger partial charge in [0.1, 0.15) is 0 Å². The van der Waals surface area contributed by atoms with E-state index < -0.39 is 5.60 Å². The summed E-state index contributed by atoms with van der Waals surface area (Å²) in [7, 11) is 1.72. The van der Waals surface area contributed by atoms with Gasteiger partial charge in [0, 0.05) is 37.9 Å². The van der Waals surface area contributed by atoms with Crippen LogP contribution in [0.25, 0.3) is 0 Å². The highest BCUT2D eigenvalue weighted by molar-refractivity contribution is 5.94. The quantitative estimate of drug-likeness (QED) is 0.926. The Labute approximate surface area is 127 Å². The fraction of sp³-hybridized carbons (Fsp3) is 0.588. The predicted octanol–water partition coefficient (Wildman–Crippen LogP) is 2.52. The van der Waals surface area contributed by atoms with Crippen molar-refractivity contribution in [2.75, 3.05) is 31.6 Å². The molecule has 0 atom stereocenters. The van der Waals surface area contributed by atoms with E-state index in [-0.39, 0.29) is 5.91 Å². The SMILES string of the molecule is CN(CC(C)(C)O)C(=O)c1ccc(N2CCCCC2)cc1. The van der Waals surface area contributed by atoms with E-state index in [2.05, 4.69) is 4.90 Å². The van der Waals surface area contributed by atoms with Gasteiger partial charge >= 0.3 is 0 Å². The van der Waals surface area contributed by atoms with E-state index in [0.717, 1.165) is 13.1 Å². The first-order valence-electron chi connectivity index (χ1n) is 7.70. The lowest BCUT2D eigenvalue weighted by Gasteiger charge is -2.29. The predicted molar refractivity (Wildman–Crippen MR) is 85.8 cm³/mol. The second-order valence-corrected chi connectivity index (χ2v) is 6.57. The van der Waals surface area contributed by atoms with E-state index in [4.69, 9.17) is 0 Å². The van der Waals surface area contributed by atoms with Crippen LogP contribution in [0.5, 0.6) is 0 Å². The van der Waals surface area contributed by atoms with Crippen LogP contribution in [0.4, 0.5) is 5.69 Å². The Bertz CT molecular complexity index is 471. The largest absolute Gasteiger partial charge is 0.389 e. The Morgan fingerprint density at radius 2 is 1.76 bits per heavy atom. The van der Waals surface area contributed by atoms with E-state index in [9.17, 15) is 9.90 Å². The van der Waals surface area contributed by atoms with E-state index in [1.807, 2.05) is 24.3 Å². The van der Waals surface area contributed by atoms with Gasteiger partial charge in [0.2, 0.25) is 0 Å². The summed E-state index contributed by atoms with van der Waals surface area (Å²) >= 11 is 0. The molecule has 0 bridgehead atoms. The van der Waals surface area contributed by atoms with Gasteiger partial charge in [-0.1, -0.05) is 0 Å². The van der Waals surface area contributed by atoms with Crippen LogP contribution in [0, 0.1) is 0 Å². The van der Waals surface area contributed by atoms with Gasteiger partial charge in [0.15, 0.2) is 0 Å². The number of aliphatic hydroxyl groups is 1. The minimum absolute atomic E-state index is 0.0534. The molecule has 1 amide bonds. The molecule has 1 saturated heterocycles. The first-order valence-corrected chi connectivity index (χ1v) is 7.70. The first-order chi connectivity index (χ1) is 9.87. The highest BCUT2D eigenvalue weighted by atomic mass is 16.3. The van der Waals surface area contributed by atoms with Crippen molar-refractivity contribution in [3.05, 3.63) is 29.8 Å². The number of rotatable bonds is 4. The number of carbonyl (C=O) groups excluding carboxylic acids is 1. The highest BCUT2D eigenvalue weighted by Gasteiger charge is 2.20. The maximum absolute atomic E-state index is 12.3.